The highest BCUT2D eigenvalue weighted by atomic mass is 17.2. The quantitative estimate of drug-likeness (QED) is 0.319. The van der Waals surface area contributed by atoms with Crippen LogP contribution in [0.2, 0.25) is 0 Å². The van der Waals surface area contributed by atoms with E-state index in [1.54, 1.807) is 0 Å². The van der Waals surface area contributed by atoms with Gasteiger partial charge in [0.15, 0.2) is 0 Å². The van der Waals surface area contributed by atoms with Gasteiger partial charge in [-0.3, -0.25) is 0 Å². The van der Waals surface area contributed by atoms with Gasteiger partial charge in [-0.15, -0.1) is 0 Å². The Bertz CT molecular complexity index is 78.5. The lowest BCUT2D eigenvalue weighted by Crippen LogP contribution is -2.21. The molecule has 11 heavy (non-hydrogen) atoms. The standard InChI is InChI=1S/C8H19NO2/c1-4-6-9(2)7-5-8-11-10-3/h4-8H2,1-3H3. The summed E-state index contributed by atoms with van der Waals surface area (Å²) in [6, 6.07) is 0. The van der Waals surface area contributed by atoms with Gasteiger partial charge in [0.2, 0.25) is 0 Å². The molecule has 0 fully saturated rings. The molecule has 3 heteroatoms. The van der Waals surface area contributed by atoms with Gasteiger partial charge in [-0.05, 0) is 26.4 Å². The topological polar surface area (TPSA) is 21.7 Å². The number of hydrogen-bond donors (Lipinski definition) is 0. The Morgan fingerprint density at radius 3 is 2.55 bits per heavy atom. The van der Waals surface area contributed by atoms with Crippen molar-refractivity contribution < 1.29 is 9.78 Å². The smallest absolute Gasteiger partial charge is 0.0834 e. The highest BCUT2D eigenvalue weighted by Crippen LogP contribution is 1.90. The maximum Gasteiger partial charge on any atom is 0.0834 e. The van der Waals surface area contributed by atoms with E-state index in [-0.39, 0.29) is 0 Å². The lowest BCUT2D eigenvalue weighted by molar-refractivity contribution is -0.272. The van der Waals surface area contributed by atoms with E-state index in [1.165, 1.54) is 13.5 Å². The maximum absolute atomic E-state index is 4.74. The van der Waals surface area contributed by atoms with Crippen LogP contribution in [-0.2, 0) is 9.78 Å². The van der Waals surface area contributed by atoms with E-state index in [0.717, 1.165) is 19.5 Å². The first-order chi connectivity index (χ1) is 5.31. The van der Waals surface area contributed by atoms with Crippen molar-refractivity contribution in [3.8, 4) is 0 Å². The Morgan fingerprint density at radius 1 is 1.27 bits per heavy atom. The summed E-state index contributed by atoms with van der Waals surface area (Å²) in [4.78, 5) is 11.5. The molecule has 0 aromatic rings. The molecule has 0 aliphatic rings. The first-order valence-corrected chi connectivity index (χ1v) is 4.15. The molecule has 0 amide bonds. The molecule has 0 atom stereocenters. The minimum absolute atomic E-state index is 0.685. The van der Waals surface area contributed by atoms with Gasteiger partial charge >= 0.3 is 0 Å². The SMILES string of the molecule is CCCN(C)CCCOOC. The molecule has 0 heterocycles. The van der Waals surface area contributed by atoms with Crippen LogP contribution >= 0.6 is 0 Å². The predicted octanol–water partition coefficient (Wildman–Crippen LogP) is 1.30. The molecule has 0 saturated carbocycles. The summed E-state index contributed by atoms with van der Waals surface area (Å²) in [5, 5.41) is 0. The Kier molecular flexibility index (Phi) is 7.89. The van der Waals surface area contributed by atoms with Crippen molar-refractivity contribution in [3.63, 3.8) is 0 Å². The third-order valence-corrected chi connectivity index (χ3v) is 1.49. The van der Waals surface area contributed by atoms with Crippen LogP contribution in [0.5, 0.6) is 0 Å². The first-order valence-electron chi connectivity index (χ1n) is 4.15. The van der Waals surface area contributed by atoms with E-state index in [0.29, 0.717) is 6.61 Å². The molecule has 0 rings (SSSR count). The maximum atomic E-state index is 4.74. The summed E-state index contributed by atoms with van der Waals surface area (Å²) >= 11 is 0. The third-order valence-electron chi connectivity index (χ3n) is 1.49. The zero-order chi connectivity index (χ0) is 8.53. The van der Waals surface area contributed by atoms with Gasteiger partial charge in [0.05, 0.1) is 13.7 Å². The molecular weight excluding hydrogens is 142 g/mol. The summed E-state index contributed by atoms with van der Waals surface area (Å²) in [6.45, 7) is 5.11. The zero-order valence-corrected chi connectivity index (χ0v) is 7.80. The molecule has 0 unspecified atom stereocenters. The molecule has 0 aromatic carbocycles. The number of rotatable bonds is 7. The van der Waals surface area contributed by atoms with E-state index in [9.17, 15) is 0 Å². The second-order valence-corrected chi connectivity index (χ2v) is 2.65. The minimum Gasteiger partial charge on any atom is -0.306 e. The van der Waals surface area contributed by atoms with Crippen LogP contribution in [-0.4, -0.2) is 38.8 Å². The molecule has 0 aromatic heterocycles. The first kappa shape index (κ1) is 10.9. The fourth-order valence-corrected chi connectivity index (χ4v) is 0.970. The van der Waals surface area contributed by atoms with Gasteiger partial charge in [0.1, 0.15) is 0 Å². The average Bonchev–Trinajstić information content (AvgIpc) is 1.99. The summed E-state index contributed by atoms with van der Waals surface area (Å²) in [7, 11) is 3.66. The van der Waals surface area contributed by atoms with E-state index < -0.39 is 0 Å². The van der Waals surface area contributed by atoms with Crippen LogP contribution in [0.15, 0.2) is 0 Å². The summed E-state index contributed by atoms with van der Waals surface area (Å²) in [5.41, 5.74) is 0. The van der Waals surface area contributed by atoms with Gasteiger partial charge in [-0.1, -0.05) is 6.92 Å². The van der Waals surface area contributed by atoms with Gasteiger partial charge in [0, 0.05) is 6.54 Å². The van der Waals surface area contributed by atoms with Crippen LogP contribution in [0.1, 0.15) is 19.8 Å². The Morgan fingerprint density at radius 2 is 2.00 bits per heavy atom. The van der Waals surface area contributed by atoms with Crippen molar-refractivity contribution in [2.45, 2.75) is 19.8 Å². The molecule has 0 bridgehead atoms. The monoisotopic (exact) mass is 161 g/mol. The lowest BCUT2D eigenvalue weighted by atomic mass is 10.4. The van der Waals surface area contributed by atoms with Gasteiger partial charge in [-0.25, -0.2) is 9.78 Å². The van der Waals surface area contributed by atoms with E-state index in [4.69, 9.17) is 4.89 Å². The molecular formula is C8H19NO2. The van der Waals surface area contributed by atoms with Gasteiger partial charge < -0.3 is 4.90 Å². The predicted molar refractivity (Wildman–Crippen MR) is 45.4 cm³/mol. The molecule has 0 aliphatic carbocycles. The Labute approximate surface area is 69.2 Å². The fraction of sp³-hybridized carbons (Fsp3) is 1.00. The van der Waals surface area contributed by atoms with E-state index in [2.05, 4.69) is 23.8 Å². The van der Waals surface area contributed by atoms with Crippen LogP contribution in [0.25, 0.3) is 0 Å². The number of hydrogen-bond acceptors (Lipinski definition) is 3. The highest BCUT2D eigenvalue weighted by molar-refractivity contribution is 4.48. The molecule has 0 radical (unpaired) electrons. The van der Waals surface area contributed by atoms with Crippen molar-refractivity contribution in [2.75, 3.05) is 33.9 Å². The van der Waals surface area contributed by atoms with Crippen molar-refractivity contribution in [2.24, 2.45) is 0 Å². The fourth-order valence-electron chi connectivity index (χ4n) is 0.970. The van der Waals surface area contributed by atoms with Crippen molar-refractivity contribution in [1.29, 1.82) is 0 Å². The van der Waals surface area contributed by atoms with Crippen LogP contribution in [0.4, 0.5) is 0 Å². The molecule has 0 spiro atoms. The van der Waals surface area contributed by atoms with E-state index >= 15 is 0 Å². The summed E-state index contributed by atoms with van der Waals surface area (Å²) < 4.78 is 0. The minimum atomic E-state index is 0.685. The summed E-state index contributed by atoms with van der Waals surface area (Å²) in [5.74, 6) is 0. The summed E-state index contributed by atoms with van der Waals surface area (Å²) in [6.07, 6.45) is 2.24. The van der Waals surface area contributed by atoms with Crippen LogP contribution in [0.3, 0.4) is 0 Å². The lowest BCUT2D eigenvalue weighted by Gasteiger charge is -2.14. The number of nitrogens with zero attached hydrogens (tertiary/aromatic N) is 1. The highest BCUT2D eigenvalue weighted by Gasteiger charge is 1.95. The van der Waals surface area contributed by atoms with Crippen LogP contribution < -0.4 is 0 Å². The largest absolute Gasteiger partial charge is 0.306 e. The average molecular weight is 161 g/mol. The molecule has 0 N–H and O–H groups in total. The van der Waals surface area contributed by atoms with E-state index in [1.807, 2.05) is 0 Å². The van der Waals surface area contributed by atoms with Crippen molar-refractivity contribution in [1.82, 2.24) is 4.90 Å². The molecule has 68 valence electrons. The second-order valence-electron chi connectivity index (χ2n) is 2.65. The van der Waals surface area contributed by atoms with Crippen molar-refractivity contribution in [3.05, 3.63) is 0 Å². The molecule has 3 nitrogen and oxygen atoms in total. The molecule has 0 aliphatic heterocycles. The third kappa shape index (κ3) is 7.78. The van der Waals surface area contributed by atoms with Crippen molar-refractivity contribution >= 4 is 0 Å². The Balaban J connectivity index is 2.97. The van der Waals surface area contributed by atoms with Gasteiger partial charge in [-0.2, -0.15) is 0 Å². The van der Waals surface area contributed by atoms with Gasteiger partial charge in [0.25, 0.3) is 0 Å². The molecule has 0 saturated heterocycles. The normalized spacial score (nSPS) is 10.9. The zero-order valence-electron chi connectivity index (χ0n) is 7.80. The second kappa shape index (κ2) is 7.98. The Hall–Kier alpha value is -0.120. The van der Waals surface area contributed by atoms with Crippen LogP contribution in [0, 0.1) is 0 Å².